The second-order valence-corrected chi connectivity index (χ2v) is 3.29. The lowest BCUT2D eigenvalue weighted by molar-refractivity contribution is 1.13. The molecule has 3 nitrogen and oxygen atoms in total. The maximum Gasteiger partial charge on any atom is 0.0553 e. The van der Waals surface area contributed by atoms with E-state index in [-0.39, 0.29) is 0 Å². The molecule has 1 aromatic rings. The second kappa shape index (κ2) is 4.14. The number of anilines is 1. The fraction of sp³-hybridized carbons (Fsp3) is 0.222. The SMILES string of the molecule is CN(C)c1ccc(C=NN)c(Cl)c1. The number of benzene rings is 1. The zero-order valence-electron chi connectivity index (χ0n) is 7.66. The minimum atomic E-state index is 0.653. The number of hydrogen-bond donors (Lipinski definition) is 1. The van der Waals surface area contributed by atoms with Crippen molar-refractivity contribution in [2.24, 2.45) is 10.9 Å². The largest absolute Gasteiger partial charge is 0.378 e. The molecule has 0 heterocycles. The molecule has 70 valence electrons. The fourth-order valence-corrected chi connectivity index (χ4v) is 1.20. The van der Waals surface area contributed by atoms with E-state index in [9.17, 15) is 0 Å². The Morgan fingerprint density at radius 2 is 2.15 bits per heavy atom. The topological polar surface area (TPSA) is 41.6 Å². The van der Waals surface area contributed by atoms with Crippen molar-refractivity contribution in [3.63, 3.8) is 0 Å². The van der Waals surface area contributed by atoms with Crippen LogP contribution in [0.1, 0.15) is 5.56 Å². The summed E-state index contributed by atoms with van der Waals surface area (Å²) in [5.74, 6) is 5.03. The van der Waals surface area contributed by atoms with Gasteiger partial charge in [0, 0.05) is 25.3 Å². The van der Waals surface area contributed by atoms with E-state index in [1.165, 1.54) is 6.21 Å². The van der Waals surface area contributed by atoms with Crippen LogP contribution in [0.2, 0.25) is 5.02 Å². The molecule has 1 aromatic carbocycles. The zero-order chi connectivity index (χ0) is 9.84. The highest BCUT2D eigenvalue weighted by molar-refractivity contribution is 6.33. The Hall–Kier alpha value is -1.22. The van der Waals surface area contributed by atoms with Gasteiger partial charge < -0.3 is 10.7 Å². The summed E-state index contributed by atoms with van der Waals surface area (Å²) in [6, 6.07) is 5.72. The molecular formula is C9H12ClN3. The van der Waals surface area contributed by atoms with Crippen molar-refractivity contribution in [3.8, 4) is 0 Å². The Balaban J connectivity index is 3.05. The first-order valence-electron chi connectivity index (χ1n) is 3.85. The summed E-state index contributed by atoms with van der Waals surface area (Å²) in [5.41, 5.74) is 1.88. The molecule has 0 aliphatic heterocycles. The van der Waals surface area contributed by atoms with Gasteiger partial charge in [-0.05, 0) is 18.2 Å². The van der Waals surface area contributed by atoms with Crippen LogP contribution in [0.25, 0.3) is 0 Å². The van der Waals surface area contributed by atoms with Crippen molar-refractivity contribution in [3.05, 3.63) is 28.8 Å². The predicted octanol–water partition coefficient (Wildman–Crippen LogP) is 1.70. The van der Waals surface area contributed by atoms with Crippen LogP contribution in [0.5, 0.6) is 0 Å². The molecule has 0 aromatic heterocycles. The van der Waals surface area contributed by atoms with Gasteiger partial charge in [-0.1, -0.05) is 11.6 Å². The van der Waals surface area contributed by atoms with Crippen LogP contribution in [-0.4, -0.2) is 20.3 Å². The third-order valence-electron chi connectivity index (χ3n) is 1.71. The lowest BCUT2D eigenvalue weighted by Gasteiger charge is -2.12. The fourth-order valence-electron chi connectivity index (χ4n) is 0.979. The molecule has 0 fully saturated rings. The van der Waals surface area contributed by atoms with Crippen molar-refractivity contribution in [1.82, 2.24) is 0 Å². The van der Waals surface area contributed by atoms with Gasteiger partial charge in [0.05, 0.1) is 11.2 Å². The Morgan fingerprint density at radius 3 is 2.62 bits per heavy atom. The van der Waals surface area contributed by atoms with E-state index in [0.717, 1.165) is 11.3 Å². The molecule has 13 heavy (non-hydrogen) atoms. The summed E-state index contributed by atoms with van der Waals surface area (Å²) < 4.78 is 0. The summed E-state index contributed by atoms with van der Waals surface area (Å²) in [4.78, 5) is 1.98. The molecule has 0 unspecified atom stereocenters. The molecule has 0 aliphatic rings. The first-order valence-corrected chi connectivity index (χ1v) is 4.23. The number of nitrogens with two attached hydrogens (primary N) is 1. The van der Waals surface area contributed by atoms with E-state index >= 15 is 0 Å². The van der Waals surface area contributed by atoms with Gasteiger partial charge in [0.25, 0.3) is 0 Å². The molecule has 0 saturated heterocycles. The van der Waals surface area contributed by atoms with Crippen molar-refractivity contribution >= 4 is 23.5 Å². The van der Waals surface area contributed by atoms with E-state index in [0.29, 0.717) is 5.02 Å². The molecule has 0 aliphatic carbocycles. The summed E-state index contributed by atoms with van der Waals surface area (Å²) >= 11 is 5.98. The van der Waals surface area contributed by atoms with Crippen LogP contribution >= 0.6 is 11.6 Å². The van der Waals surface area contributed by atoms with E-state index in [2.05, 4.69) is 5.10 Å². The minimum absolute atomic E-state index is 0.653. The maximum atomic E-state index is 5.98. The van der Waals surface area contributed by atoms with E-state index in [1.807, 2.05) is 37.2 Å². The van der Waals surface area contributed by atoms with Gasteiger partial charge in [-0.2, -0.15) is 5.10 Å². The highest BCUT2D eigenvalue weighted by Crippen LogP contribution is 2.20. The van der Waals surface area contributed by atoms with Crippen LogP contribution in [0.3, 0.4) is 0 Å². The van der Waals surface area contributed by atoms with Crippen LogP contribution in [0.4, 0.5) is 5.69 Å². The summed E-state index contributed by atoms with van der Waals surface area (Å²) in [7, 11) is 3.92. The summed E-state index contributed by atoms with van der Waals surface area (Å²) in [6.45, 7) is 0. The van der Waals surface area contributed by atoms with Crippen molar-refractivity contribution < 1.29 is 0 Å². The van der Waals surface area contributed by atoms with Crippen molar-refractivity contribution in [2.75, 3.05) is 19.0 Å². The average Bonchev–Trinajstić information content (AvgIpc) is 2.08. The van der Waals surface area contributed by atoms with Gasteiger partial charge in [0.15, 0.2) is 0 Å². The molecule has 0 spiro atoms. The number of halogens is 1. The lowest BCUT2D eigenvalue weighted by atomic mass is 10.2. The van der Waals surface area contributed by atoms with E-state index in [1.54, 1.807) is 0 Å². The van der Waals surface area contributed by atoms with Gasteiger partial charge in [0.2, 0.25) is 0 Å². The standard InChI is InChI=1S/C9H12ClN3/c1-13(2)8-4-3-7(6-12-11)9(10)5-8/h3-6H,11H2,1-2H3. The predicted molar refractivity (Wildman–Crippen MR) is 57.6 cm³/mol. The first-order chi connectivity index (χ1) is 6.15. The molecule has 0 bridgehead atoms. The van der Waals surface area contributed by atoms with Crippen molar-refractivity contribution in [1.29, 1.82) is 0 Å². The van der Waals surface area contributed by atoms with Gasteiger partial charge in [0.1, 0.15) is 0 Å². The Bertz CT molecular complexity index is 321. The maximum absolute atomic E-state index is 5.98. The van der Waals surface area contributed by atoms with E-state index in [4.69, 9.17) is 17.4 Å². The quantitative estimate of drug-likeness (QED) is 0.446. The first kappa shape index (κ1) is 9.86. The van der Waals surface area contributed by atoms with Gasteiger partial charge >= 0.3 is 0 Å². The Labute approximate surface area is 82.8 Å². The highest BCUT2D eigenvalue weighted by Gasteiger charge is 2.00. The molecule has 0 amide bonds. The number of rotatable bonds is 2. The third kappa shape index (κ3) is 2.36. The minimum Gasteiger partial charge on any atom is -0.378 e. The zero-order valence-corrected chi connectivity index (χ0v) is 8.42. The summed E-state index contributed by atoms with van der Waals surface area (Å²) in [5, 5.41) is 4.07. The number of hydrogen-bond acceptors (Lipinski definition) is 3. The molecule has 4 heteroatoms. The number of nitrogens with zero attached hydrogens (tertiary/aromatic N) is 2. The smallest absolute Gasteiger partial charge is 0.0553 e. The lowest BCUT2D eigenvalue weighted by Crippen LogP contribution is -2.08. The van der Waals surface area contributed by atoms with Crippen LogP contribution in [0.15, 0.2) is 23.3 Å². The molecular weight excluding hydrogens is 186 g/mol. The van der Waals surface area contributed by atoms with Gasteiger partial charge in [-0.3, -0.25) is 0 Å². The molecule has 0 atom stereocenters. The summed E-state index contributed by atoms with van der Waals surface area (Å²) in [6.07, 6.45) is 1.53. The second-order valence-electron chi connectivity index (χ2n) is 2.88. The third-order valence-corrected chi connectivity index (χ3v) is 2.04. The Kier molecular flexibility index (Phi) is 3.14. The normalized spacial score (nSPS) is 10.7. The van der Waals surface area contributed by atoms with Crippen molar-refractivity contribution in [2.45, 2.75) is 0 Å². The van der Waals surface area contributed by atoms with Crippen LogP contribution in [-0.2, 0) is 0 Å². The van der Waals surface area contributed by atoms with Crippen LogP contribution < -0.4 is 10.7 Å². The van der Waals surface area contributed by atoms with Gasteiger partial charge in [-0.15, -0.1) is 0 Å². The molecule has 0 saturated carbocycles. The van der Waals surface area contributed by atoms with Crippen LogP contribution in [0, 0.1) is 0 Å². The van der Waals surface area contributed by atoms with Gasteiger partial charge in [-0.25, -0.2) is 0 Å². The molecule has 2 N–H and O–H groups in total. The Morgan fingerprint density at radius 1 is 1.46 bits per heavy atom. The number of hydrazone groups is 1. The average molecular weight is 198 g/mol. The highest BCUT2D eigenvalue weighted by atomic mass is 35.5. The monoisotopic (exact) mass is 197 g/mol. The molecule has 0 radical (unpaired) electrons. The molecule has 1 rings (SSSR count). The van der Waals surface area contributed by atoms with E-state index < -0.39 is 0 Å².